The molecular weight excluding hydrogens is 325 g/mol. The fraction of sp³-hybridized carbons (Fsp3) is 0.389. The Morgan fingerprint density at radius 3 is 2.60 bits per heavy atom. The molecule has 2 aromatic rings. The van der Waals surface area contributed by atoms with E-state index in [1.807, 2.05) is 13.8 Å². The summed E-state index contributed by atoms with van der Waals surface area (Å²) in [7, 11) is 0. The van der Waals surface area contributed by atoms with E-state index in [2.05, 4.69) is 5.10 Å². The van der Waals surface area contributed by atoms with Crippen LogP contribution in [-0.2, 0) is 16.0 Å². The maximum absolute atomic E-state index is 13.1. The van der Waals surface area contributed by atoms with Gasteiger partial charge in [-0.25, -0.2) is 13.9 Å². The number of likely N-dealkylation sites (tertiary alicyclic amines) is 1. The van der Waals surface area contributed by atoms with Crippen molar-refractivity contribution < 1.29 is 19.1 Å². The van der Waals surface area contributed by atoms with E-state index in [0.29, 0.717) is 30.8 Å². The predicted molar refractivity (Wildman–Crippen MR) is 89.1 cm³/mol. The number of aryl methyl sites for hydroxylation is 1. The molecule has 1 amide bonds. The summed E-state index contributed by atoms with van der Waals surface area (Å²) >= 11 is 0. The minimum Gasteiger partial charge on any atom is -0.480 e. The molecule has 3 rings (SSSR count). The maximum Gasteiger partial charge on any atom is 0.326 e. The van der Waals surface area contributed by atoms with Gasteiger partial charge >= 0.3 is 5.97 Å². The Hall–Kier alpha value is -2.70. The first-order valence-electron chi connectivity index (χ1n) is 8.22. The number of hydrogen-bond donors (Lipinski definition) is 1. The van der Waals surface area contributed by atoms with Crippen LogP contribution in [0.1, 0.15) is 29.8 Å². The van der Waals surface area contributed by atoms with Gasteiger partial charge in [0, 0.05) is 17.8 Å². The zero-order valence-corrected chi connectivity index (χ0v) is 14.2. The van der Waals surface area contributed by atoms with E-state index >= 15 is 0 Å². The topological polar surface area (TPSA) is 75.4 Å². The monoisotopic (exact) mass is 345 g/mol. The Labute approximate surface area is 144 Å². The lowest BCUT2D eigenvalue weighted by molar-refractivity contribution is -0.148. The number of carbonyl (C=O) groups excluding carboxylic acids is 1. The number of carboxylic acids is 1. The molecule has 2 heterocycles. The van der Waals surface area contributed by atoms with Crippen LogP contribution in [0.2, 0.25) is 0 Å². The molecule has 0 saturated carbocycles. The maximum atomic E-state index is 13.1. The van der Waals surface area contributed by atoms with Gasteiger partial charge < -0.3 is 10.0 Å². The lowest BCUT2D eigenvalue weighted by Crippen LogP contribution is -2.41. The number of nitrogens with zero attached hydrogens (tertiary/aromatic N) is 3. The quantitative estimate of drug-likeness (QED) is 0.922. The molecule has 6 nitrogen and oxygen atoms in total. The second-order valence-corrected chi connectivity index (χ2v) is 6.30. The highest BCUT2D eigenvalue weighted by Gasteiger charge is 2.34. The fourth-order valence-electron chi connectivity index (χ4n) is 3.34. The Kier molecular flexibility index (Phi) is 4.57. The number of halogens is 1. The van der Waals surface area contributed by atoms with Gasteiger partial charge in [0.2, 0.25) is 5.91 Å². The summed E-state index contributed by atoms with van der Waals surface area (Å²) in [6.45, 7) is 4.14. The van der Waals surface area contributed by atoms with Crippen LogP contribution >= 0.6 is 0 Å². The van der Waals surface area contributed by atoms with Gasteiger partial charge in [0.15, 0.2) is 0 Å². The number of aliphatic carboxylic acids is 1. The minimum atomic E-state index is -0.957. The number of carboxylic acid groups (broad SMARTS) is 1. The number of hydrogen-bond acceptors (Lipinski definition) is 3. The molecule has 132 valence electrons. The molecule has 1 saturated heterocycles. The van der Waals surface area contributed by atoms with Crippen LogP contribution in [0.4, 0.5) is 4.39 Å². The van der Waals surface area contributed by atoms with E-state index < -0.39 is 12.0 Å². The van der Waals surface area contributed by atoms with E-state index in [4.69, 9.17) is 0 Å². The van der Waals surface area contributed by atoms with Crippen molar-refractivity contribution in [3.05, 3.63) is 47.0 Å². The lowest BCUT2D eigenvalue weighted by atomic mass is 10.1. The van der Waals surface area contributed by atoms with Crippen molar-refractivity contribution in [3.63, 3.8) is 0 Å². The lowest BCUT2D eigenvalue weighted by Gasteiger charge is -2.21. The van der Waals surface area contributed by atoms with Crippen LogP contribution in [0.3, 0.4) is 0 Å². The number of carbonyl (C=O) groups is 2. The average Bonchev–Trinajstić information content (AvgIpc) is 3.16. The highest BCUT2D eigenvalue weighted by molar-refractivity contribution is 5.85. The molecule has 0 bridgehead atoms. The standard InChI is InChI=1S/C18H20FN3O3/c1-11-15(10-17(23)21-9-3-4-16(21)18(24)25)12(2)22(20-11)14-7-5-13(19)6-8-14/h5-8,16H,3-4,9-10H2,1-2H3,(H,24,25)/t16-/m0/s1. The fourth-order valence-corrected chi connectivity index (χ4v) is 3.34. The third-order valence-electron chi connectivity index (χ3n) is 4.70. The van der Waals surface area contributed by atoms with Crippen LogP contribution < -0.4 is 0 Å². The zero-order valence-electron chi connectivity index (χ0n) is 14.2. The molecule has 1 aliphatic heterocycles. The van der Waals surface area contributed by atoms with Gasteiger partial charge in [0.1, 0.15) is 11.9 Å². The molecule has 1 aromatic heterocycles. The Morgan fingerprint density at radius 2 is 1.96 bits per heavy atom. The van der Waals surface area contributed by atoms with Crippen LogP contribution in [0, 0.1) is 19.7 Å². The first-order valence-corrected chi connectivity index (χ1v) is 8.22. The van der Waals surface area contributed by atoms with Crippen molar-refractivity contribution in [2.24, 2.45) is 0 Å². The van der Waals surface area contributed by atoms with Crippen molar-refractivity contribution in [1.82, 2.24) is 14.7 Å². The Balaban J connectivity index is 1.85. The molecule has 0 unspecified atom stereocenters. The van der Waals surface area contributed by atoms with E-state index in [-0.39, 0.29) is 18.1 Å². The summed E-state index contributed by atoms with van der Waals surface area (Å²) < 4.78 is 14.8. The molecule has 1 aliphatic rings. The third-order valence-corrected chi connectivity index (χ3v) is 4.70. The molecule has 0 aliphatic carbocycles. The SMILES string of the molecule is Cc1nn(-c2ccc(F)cc2)c(C)c1CC(=O)N1CCC[C@H]1C(=O)O. The first kappa shape index (κ1) is 17.1. The van der Waals surface area contributed by atoms with Crippen molar-refractivity contribution in [1.29, 1.82) is 0 Å². The van der Waals surface area contributed by atoms with Gasteiger partial charge in [0.25, 0.3) is 0 Å². The highest BCUT2D eigenvalue weighted by atomic mass is 19.1. The van der Waals surface area contributed by atoms with Gasteiger partial charge in [-0.1, -0.05) is 0 Å². The van der Waals surface area contributed by atoms with E-state index in [9.17, 15) is 19.1 Å². The van der Waals surface area contributed by atoms with Crippen LogP contribution in [0.15, 0.2) is 24.3 Å². The molecule has 25 heavy (non-hydrogen) atoms. The number of rotatable bonds is 4. The number of aromatic nitrogens is 2. The van der Waals surface area contributed by atoms with Gasteiger partial charge in [-0.15, -0.1) is 0 Å². The molecule has 0 spiro atoms. The Morgan fingerprint density at radius 1 is 1.28 bits per heavy atom. The molecule has 1 atom stereocenters. The zero-order chi connectivity index (χ0) is 18.1. The molecule has 1 fully saturated rings. The molecule has 0 radical (unpaired) electrons. The number of benzene rings is 1. The van der Waals surface area contributed by atoms with Gasteiger partial charge in [-0.3, -0.25) is 4.79 Å². The molecular formula is C18H20FN3O3. The van der Waals surface area contributed by atoms with Crippen LogP contribution in [-0.4, -0.2) is 44.3 Å². The molecule has 7 heteroatoms. The van der Waals surface area contributed by atoms with Crippen molar-refractivity contribution in [3.8, 4) is 5.69 Å². The summed E-state index contributed by atoms with van der Waals surface area (Å²) in [6, 6.07) is 5.24. The second kappa shape index (κ2) is 6.66. The normalized spacial score (nSPS) is 17.1. The summed E-state index contributed by atoms with van der Waals surface area (Å²) in [6.07, 6.45) is 1.31. The summed E-state index contributed by atoms with van der Waals surface area (Å²) in [5.74, 6) is -1.48. The minimum absolute atomic E-state index is 0.114. The number of amides is 1. The molecule has 1 N–H and O–H groups in total. The smallest absolute Gasteiger partial charge is 0.326 e. The van der Waals surface area contributed by atoms with Gasteiger partial charge in [-0.2, -0.15) is 5.10 Å². The van der Waals surface area contributed by atoms with Gasteiger partial charge in [-0.05, 0) is 51.0 Å². The second-order valence-electron chi connectivity index (χ2n) is 6.30. The average molecular weight is 345 g/mol. The third kappa shape index (κ3) is 3.26. The van der Waals surface area contributed by atoms with Gasteiger partial charge in [0.05, 0.1) is 17.8 Å². The van der Waals surface area contributed by atoms with E-state index in [1.54, 1.807) is 16.8 Å². The summed E-state index contributed by atoms with van der Waals surface area (Å²) in [5, 5.41) is 13.7. The van der Waals surface area contributed by atoms with Crippen molar-refractivity contribution in [2.75, 3.05) is 6.54 Å². The predicted octanol–water partition coefficient (Wildman–Crippen LogP) is 2.25. The van der Waals surface area contributed by atoms with E-state index in [0.717, 1.165) is 11.3 Å². The Bertz CT molecular complexity index is 814. The largest absolute Gasteiger partial charge is 0.480 e. The summed E-state index contributed by atoms with van der Waals surface area (Å²) in [5.41, 5.74) is 3.00. The van der Waals surface area contributed by atoms with Crippen molar-refractivity contribution >= 4 is 11.9 Å². The highest BCUT2D eigenvalue weighted by Crippen LogP contribution is 2.22. The first-order chi connectivity index (χ1) is 11.9. The van der Waals surface area contributed by atoms with E-state index in [1.165, 1.54) is 17.0 Å². The van der Waals surface area contributed by atoms with Crippen molar-refractivity contribution in [2.45, 2.75) is 39.2 Å². The molecule has 1 aromatic carbocycles. The van der Waals surface area contributed by atoms with Crippen LogP contribution in [0.5, 0.6) is 0 Å². The van der Waals surface area contributed by atoms with Crippen LogP contribution in [0.25, 0.3) is 5.69 Å². The summed E-state index contributed by atoms with van der Waals surface area (Å²) in [4.78, 5) is 25.3.